The Hall–Kier alpha value is -1.36. The summed E-state index contributed by atoms with van der Waals surface area (Å²) in [5.74, 6) is 0.569. The maximum Gasteiger partial charge on any atom is 0.0624 e. The highest BCUT2D eigenvalue weighted by Gasteiger charge is 2.77. The number of hydrogen-bond donors (Lipinski definition) is 0. The highest BCUT2D eigenvalue weighted by molar-refractivity contribution is 5.38. The highest BCUT2D eigenvalue weighted by Crippen LogP contribution is 2.84. The van der Waals surface area contributed by atoms with Crippen molar-refractivity contribution in [2.45, 2.75) is 71.6 Å². The quantitative estimate of drug-likeness (QED) is 0.772. The molecule has 2 heteroatoms. The second-order valence-electron chi connectivity index (χ2n) is 9.41. The van der Waals surface area contributed by atoms with E-state index >= 15 is 0 Å². The van der Waals surface area contributed by atoms with E-state index in [1.807, 2.05) is 0 Å². The topological polar surface area (TPSA) is 36.7 Å². The Kier molecular flexibility index (Phi) is 2.89. The molecule has 0 aliphatic heterocycles. The fraction of sp³-hybridized carbons (Fsp3) is 0.714. The molecular weight excluding hydrogens is 280 g/mol. The fourth-order valence-corrected chi connectivity index (χ4v) is 6.50. The highest BCUT2D eigenvalue weighted by atomic mass is 14.9. The van der Waals surface area contributed by atoms with Gasteiger partial charge in [0.05, 0.1) is 6.07 Å². The lowest BCUT2D eigenvalue weighted by molar-refractivity contribution is -0.251. The van der Waals surface area contributed by atoms with E-state index in [4.69, 9.17) is 4.98 Å². The zero-order valence-corrected chi connectivity index (χ0v) is 14.9. The smallest absolute Gasteiger partial charge is 0.0624 e. The third-order valence-corrected chi connectivity index (χ3v) is 8.41. The summed E-state index contributed by atoms with van der Waals surface area (Å²) >= 11 is 0. The van der Waals surface area contributed by atoms with Gasteiger partial charge in [0.25, 0.3) is 0 Å². The summed E-state index contributed by atoms with van der Waals surface area (Å²) in [6.45, 7) is 9.48. The van der Waals surface area contributed by atoms with E-state index in [2.05, 4.69) is 52.0 Å². The van der Waals surface area contributed by atoms with Crippen molar-refractivity contribution in [3.05, 3.63) is 29.6 Å². The second-order valence-corrected chi connectivity index (χ2v) is 9.41. The Morgan fingerprint density at radius 2 is 1.91 bits per heavy atom. The van der Waals surface area contributed by atoms with Gasteiger partial charge >= 0.3 is 0 Å². The molecule has 0 radical (unpaired) electrons. The maximum atomic E-state index is 9.17. The lowest BCUT2D eigenvalue weighted by atomic mass is 9.26. The summed E-state index contributed by atoms with van der Waals surface area (Å²) in [5, 5.41) is 9.17. The lowest BCUT2D eigenvalue weighted by Gasteiger charge is -2.78. The average molecular weight is 308 g/mol. The normalized spacial score (nSPS) is 43.3. The van der Waals surface area contributed by atoms with Gasteiger partial charge < -0.3 is 0 Å². The first kappa shape index (κ1) is 15.2. The van der Waals surface area contributed by atoms with Gasteiger partial charge in [-0.15, -0.1) is 0 Å². The van der Waals surface area contributed by atoms with Gasteiger partial charge in [0.15, 0.2) is 0 Å². The van der Waals surface area contributed by atoms with E-state index in [0.717, 1.165) is 12.1 Å². The van der Waals surface area contributed by atoms with E-state index in [0.29, 0.717) is 22.2 Å². The van der Waals surface area contributed by atoms with Crippen molar-refractivity contribution in [3.63, 3.8) is 0 Å². The van der Waals surface area contributed by atoms with Gasteiger partial charge in [-0.3, -0.25) is 4.98 Å². The average Bonchev–Trinajstić information content (AvgIpc) is 2.61. The molecule has 2 atom stereocenters. The van der Waals surface area contributed by atoms with Crippen LogP contribution in [0.25, 0.3) is 0 Å². The molecule has 2 nitrogen and oxygen atoms in total. The Balaban J connectivity index is 1.58. The molecule has 0 spiro atoms. The van der Waals surface area contributed by atoms with Crippen molar-refractivity contribution < 1.29 is 0 Å². The van der Waals surface area contributed by atoms with Crippen LogP contribution in [0, 0.1) is 40.4 Å². The first-order valence-corrected chi connectivity index (χ1v) is 9.10. The van der Waals surface area contributed by atoms with Crippen LogP contribution in [0.5, 0.6) is 0 Å². The molecule has 4 aliphatic carbocycles. The molecular formula is C21H28N2. The van der Waals surface area contributed by atoms with E-state index < -0.39 is 0 Å². The number of aryl methyl sites for hydroxylation is 1. The molecule has 122 valence electrons. The van der Waals surface area contributed by atoms with Crippen LogP contribution in [0.2, 0.25) is 0 Å². The van der Waals surface area contributed by atoms with Gasteiger partial charge in [-0.25, -0.2) is 0 Å². The second kappa shape index (κ2) is 4.38. The Morgan fingerprint density at radius 3 is 2.52 bits per heavy atom. The summed E-state index contributed by atoms with van der Waals surface area (Å²) in [5.41, 5.74) is 4.00. The van der Waals surface area contributed by atoms with Crippen LogP contribution in [0.3, 0.4) is 0 Å². The number of aromatic nitrogens is 1. The molecule has 23 heavy (non-hydrogen) atoms. The van der Waals surface area contributed by atoms with Gasteiger partial charge in [0.2, 0.25) is 0 Å². The molecule has 1 heterocycles. The van der Waals surface area contributed by atoms with Crippen molar-refractivity contribution in [2.24, 2.45) is 22.2 Å². The number of hydrogen-bond acceptors (Lipinski definition) is 2. The summed E-state index contributed by atoms with van der Waals surface area (Å²) in [4.78, 5) is 4.82. The molecule has 0 amide bonds. The van der Waals surface area contributed by atoms with Crippen molar-refractivity contribution in [2.75, 3.05) is 0 Å². The molecule has 4 fully saturated rings. The number of nitrogens with zero attached hydrogens (tertiary/aromatic N) is 2. The third-order valence-electron chi connectivity index (χ3n) is 8.41. The van der Waals surface area contributed by atoms with Crippen LogP contribution in [0.1, 0.15) is 70.7 Å². The van der Waals surface area contributed by atoms with Crippen LogP contribution in [-0.2, 0) is 5.41 Å². The zero-order chi connectivity index (χ0) is 16.5. The van der Waals surface area contributed by atoms with Gasteiger partial charge in [-0.2, -0.15) is 5.26 Å². The van der Waals surface area contributed by atoms with Crippen LogP contribution in [0.15, 0.2) is 18.2 Å². The van der Waals surface area contributed by atoms with Crippen molar-refractivity contribution in [1.82, 2.24) is 4.98 Å². The van der Waals surface area contributed by atoms with Gasteiger partial charge in [0.1, 0.15) is 0 Å². The number of pyridine rings is 1. The Morgan fingerprint density at radius 1 is 1.22 bits per heavy atom. The molecule has 0 aromatic carbocycles. The minimum Gasteiger partial charge on any atom is -0.258 e. The first-order chi connectivity index (χ1) is 10.8. The molecule has 5 rings (SSSR count). The fourth-order valence-electron chi connectivity index (χ4n) is 6.50. The van der Waals surface area contributed by atoms with Crippen molar-refractivity contribution in [3.8, 4) is 6.07 Å². The van der Waals surface area contributed by atoms with Crippen LogP contribution in [-0.4, -0.2) is 4.98 Å². The third kappa shape index (κ3) is 1.66. The summed E-state index contributed by atoms with van der Waals surface area (Å²) in [6.07, 6.45) is 7.20. The van der Waals surface area contributed by atoms with E-state index in [1.165, 1.54) is 37.8 Å². The Labute approximate surface area is 140 Å². The molecule has 2 unspecified atom stereocenters. The minimum absolute atomic E-state index is 0.273. The molecule has 1 aromatic heterocycles. The molecule has 0 saturated heterocycles. The van der Waals surface area contributed by atoms with E-state index in [-0.39, 0.29) is 5.41 Å². The summed E-state index contributed by atoms with van der Waals surface area (Å²) in [6, 6.07) is 8.92. The van der Waals surface area contributed by atoms with Crippen LogP contribution in [0.4, 0.5) is 0 Å². The maximum absolute atomic E-state index is 9.17. The first-order valence-electron chi connectivity index (χ1n) is 9.10. The number of nitriles is 1. The molecule has 0 N–H and O–H groups in total. The predicted molar refractivity (Wildman–Crippen MR) is 91.8 cm³/mol. The molecule has 4 aliphatic rings. The van der Waals surface area contributed by atoms with E-state index in [1.54, 1.807) is 0 Å². The minimum atomic E-state index is 0.273. The van der Waals surface area contributed by atoms with E-state index in [9.17, 15) is 5.26 Å². The summed E-state index contributed by atoms with van der Waals surface area (Å²) < 4.78 is 0. The zero-order valence-electron chi connectivity index (χ0n) is 14.9. The number of rotatable bonds is 3. The SMILES string of the molecule is Cc1cccc(C23CC(C4(C)CCC(CC#N)C4(C)C)(C2)C3)n1. The molecule has 4 saturated carbocycles. The predicted octanol–water partition coefficient (Wildman–Crippen LogP) is 5.17. The van der Waals surface area contributed by atoms with Crippen LogP contribution < -0.4 is 0 Å². The monoisotopic (exact) mass is 308 g/mol. The molecule has 1 aromatic rings. The van der Waals surface area contributed by atoms with Crippen molar-refractivity contribution in [1.29, 1.82) is 5.26 Å². The Bertz CT molecular complexity index is 676. The largest absolute Gasteiger partial charge is 0.258 e. The van der Waals surface area contributed by atoms with Crippen LogP contribution >= 0.6 is 0 Å². The summed E-state index contributed by atoms with van der Waals surface area (Å²) in [7, 11) is 0. The van der Waals surface area contributed by atoms with Gasteiger partial charge in [-0.1, -0.05) is 26.8 Å². The van der Waals surface area contributed by atoms with Gasteiger partial charge in [0, 0.05) is 23.2 Å². The van der Waals surface area contributed by atoms with Crippen molar-refractivity contribution >= 4 is 0 Å². The lowest BCUT2D eigenvalue weighted by Crippen LogP contribution is -2.72. The van der Waals surface area contributed by atoms with Gasteiger partial charge in [-0.05, 0) is 73.3 Å². The standard InChI is InChI=1S/C21H28N2/c1-15-6-5-7-17(23-15)20-12-21(13-20,14-20)19(4)10-8-16(9-11-22)18(19,2)3/h5-7,16H,8-10,12-14H2,1-4H3. The molecule has 2 bridgehead atoms.